The van der Waals surface area contributed by atoms with Gasteiger partial charge in [-0.3, -0.25) is 9.59 Å². The van der Waals surface area contributed by atoms with Gasteiger partial charge in [-0.1, -0.05) is 39.0 Å². The predicted octanol–water partition coefficient (Wildman–Crippen LogP) is 5.00. The number of carbonyl (C=O) groups excluding carboxylic acids is 1. The molecule has 3 saturated heterocycles. The Labute approximate surface area is 443 Å². The second-order valence-corrected chi connectivity index (χ2v) is 23.1. The largest absolute Gasteiger partial charge is 0.477 e. The van der Waals surface area contributed by atoms with Crippen LogP contribution in [0, 0.1) is 17.8 Å². The first kappa shape index (κ1) is 60.8. The van der Waals surface area contributed by atoms with Crippen molar-refractivity contribution in [3.63, 3.8) is 0 Å². The molecule has 5 N–H and O–H groups in total. The number of pyridine rings is 1. The predicted molar refractivity (Wildman–Crippen MR) is 281 cm³/mol. The molecule has 18 atom stereocenters. The van der Waals surface area contributed by atoms with Crippen LogP contribution in [0.25, 0.3) is 17.0 Å². The van der Waals surface area contributed by atoms with Crippen LogP contribution in [0.4, 0.5) is 0 Å². The summed E-state index contributed by atoms with van der Waals surface area (Å²) in [6.45, 7) is 19.0. The Balaban J connectivity index is 1.20. The van der Waals surface area contributed by atoms with Crippen molar-refractivity contribution in [3.05, 3.63) is 51.8 Å². The number of aromatic nitrogens is 1. The number of aromatic carboxylic acids is 1. The lowest BCUT2D eigenvalue weighted by atomic mass is 9.77. The van der Waals surface area contributed by atoms with Gasteiger partial charge in [0.2, 0.25) is 5.43 Å². The minimum Gasteiger partial charge on any atom is -0.477 e. The van der Waals surface area contributed by atoms with E-state index >= 15 is 0 Å². The van der Waals surface area contributed by atoms with Crippen molar-refractivity contribution in [2.75, 3.05) is 54.6 Å². The third kappa shape index (κ3) is 14.1. The highest BCUT2D eigenvalue weighted by molar-refractivity contribution is 5.93. The van der Waals surface area contributed by atoms with E-state index in [1.54, 1.807) is 40.9 Å². The number of nitrogens with zero attached hydrogens (tertiary/aromatic N) is 3. The van der Waals surface area contributed by atoms with Crippen LogP contribution in [0.15, 0.2) is 35.3 Å². The highest BCUT2D eigenvalue weighted by atomic mass is 16.7. The van der Waals surface area contributed by atoms with Crippen molar-refractivity contribution in [1.82, 2.24) is 14.4 Å². The third-order valence-electron chi connectivity index (χ3n) is 16.4. The summed E-state index contributed by atoms with van der Waals surface area (Å²) in [4.78, 5) is 43.4. The van der Waals surface area contributed by atoms with Gasteiger partial charge in [-0.2, -0.15) is 0 Å². The Bertz CT molecular complexity index is 2320. The normalized spacial score (nSPS) is 39.1. The van der Waals surface area contributed by atoms with Crippen LogP contribution < -0.4 is 5.43 Å². The van der Waals surface area contributed by atoms with Crippen LogP contribution >= 0.6 is 0 Å². The average Bonchev–Trinajstić information content (AvgIpc) is 4.19. The number of carboxylic acid groups (broad SMARTS) is 1. The van der Waals surface area contributed by atoms with Crippen molar-refractivity contribution < 1.29 is 73.0 Å². The SMILES string of the molecule is CC[C@H]1OC(=O)[C@H](C)[C@@H](O[C@H]2C[C@@](C)(OC)[C@@H](OCCOC/C=C/c3ccc4c(c3)c(=O)c(C(=O)O)cn4C3CC3)[C@H](C)O2)[C@H](C)[C@@H](O[C@@H]2O[C@H](C)C[C@H](N(C)C)[C@H]2O)[C@](C)(O)C[C@@H](C)CN(C)[C@H](C)[C@@H](O)[C@]1(C)O. The van der Waals surface area contributed by atoms with Gasteiger partial charge in [0.25, 0.3) is 0 Å². The van der Waals surface area contributed by atoms with Gasteiger partial charge in [0.05, 0.1) is 66.9 Å². The van der Waals surface area contributed by atoms with Crippen LogP contribution in [0.1, 0.15) is 130 Å². The second-order valence-electron chi connectivity index (χ2n) is 23.1. The molecule has 4 heterocycles. The minimum atomic E-state index is -1.84. The van der Waals surface area contributed by atoms with Crippen molar-refractivity contribution >= 4 is 28.9 Å². The van der Waals surface area contributed by atoms with E-state index in [0.29, 0.717) is 23.9 Å². The molecule has 1 aromatic heterocycles. The van der Waals surface area contributed by atoms with Crippen molar-refractivity contribution in [2.24, 2.45) is 17.8 Å². The zero-order valence-corrected chi connectivity index (χ0v) is 46.8. The molecule has 0 bridgehead atoms. The Kier molecular flexibility index (Phi) is 20.4. The Morgan fingerprint density at radius 2 is 1.65 bits per heavy atom. The fraction of sp³-hybridized carbons (Fsp3) is 0.768. The highest BCUT2D eigenvalue weighted by Crippen LogP contribution is 2.41. The van der Waals surface area contributed by atoms with Gasteiger partial charge in [0, 0.05) is 55.7 Å². The number of aliphatic hydroxyl groups excluding tert-OH is 2. The van der Waals surface area contributed by atoms with Gasteiger partial charge in [-0.15, -0.1) is 0 Å². The van der Waals surface area contributed by atoms with Gasteiger partial charge in [0.15, 0.2) is 12.6 Å². The van der Waals surface area contributed by atoms with Gasteiger partial charge in [0.1, 0.15) is 35.6 Å². The first-order valence-electron chi connectivity index (χ1n) is 27.0. The first-order chi connectivity index (χ1) is 35.1. The smallest absolute Gasteiger partial charge is 0.341 e. The summed E-state index contributed by atoms with van der Waals surface area (Å²) < 4.78 is 53.2. The molecule has 1 saturated carbocycles. The topological polar surface area (TPSA) is 238 Å². The lowest BCUT2D eigenvalue weighted by Gasteiger charge is -2.49. The van der Waals surface area contributed by atoms with Crippen molar-refractivity contribution in [1.29, 1.82) is 0 Å². The van der Waals surface area contributed by atoms with E-state index in [1.807, 2.05) is 94.4 Å². The molecule has 0 unspecified atom stereocenters. The Morgan fingerprint density at radius 1 is 0.960 bits per heavy atom. The zero-order chi connectivity index (χ0) is 55.5. The summed E-state index contributed by atoms with van der Waals surface area (Å²) in [5.41, 5.74) is -3.74. The van der Waals surface area contributed by atoms with Crippen LogP contribution in [-0.2, 0) is 42.7 Å². The summed E-state index contributed by atoms with van der Waals surface area (Å²) in [7, 11) is 7.19. The number of carbonyl (C=O) groups is 2. The van der Waals surface area contributed by atoms with E-state index in [1.165, 1.54) is 13.1 Å². The lowest BCUT2D eigenvalue weighted by molar-refractivity contribution is -0.321. The molecule has 4 fully saturated rings. The number of carboxylic acids is 1. The second kappa shape index (κ2) is 25.1. The molecule has 0 radical (unpaired) electrons. The summed E-state index contributed by atoms with van der Waals surface area (Å²) >= 11 is 0. The molecule has 0 amide bonds. The number of likely N-dealkylation sites (N-methyl/N-ethyl adjacent to an activating group) is 2. The number of hydrogen-bond acceptors (Lipinski definition) is 17. The lowest BCUT2D eigenvalue weighted by Crippen LogP contribution is -2.61. The van der Waals surface area contributed by atoms with E-state index in [-0.39, 0.29) is 68.8 Å². The molecule has 3 aliphatic heterocycles. The molecule has 0 spiro atoms. The average molecular weight is 1060 g/mol. The van der Waals surface area contributed by atoms with E-state index in [2.05, 4.69) is 0 Å². The van der Waals surface area contributed by atoms with Gasteiger partial charge >= 0.3 is 11.9 Å². The Morgan fingerprint density at radius 3 is 2.28 bits per heavy atom. The number of benzene rings is 1. The van der Waals surface area contributed by atoms with Crippen LogP contribution in [0.2, 0.25) is 0 Å². The molecule has 4 aliphatic rings. The molecule has 19 heteroatoms. The third-order valence-corrected chi connectivity index (χ3v) is 16.4. The first-order valence-corrected chi connectivity index (χ1v) is 27.0. The quantitative estimate of drug-likeness (QED) is 0.110. The molecular weight excluding hydrogens is 971 g/mol. The minimum absolute atomic E-state index is 0.159. The van der Waals surface area contributed by atoms with Gasteiger partial charge in [-0.25, -0.2) is 4.79 Å². The van der Waals surface area contributed by atoms with E-state index in [9.17, 15) is 39.9 Å². The maximum Gasteiger partial charge on any atom is 0.341 e. The molecule has 6 rings (SSSR count). The molecule has 1 aliphatic carbocycles. The maximum absolute atomic E-state index is 14.6. The van der Waals surface area contributed by atoms with Crippen LogP contribution in [-0.4, -0.2) is 197 Å². The van der Waals surface area contributed by atoms with E-state index < -0.39 is 107 Å². The number of esters is 1. The standard InChI is InChI=1S/C56H89N3O16/c1-15-43-56(10,67)48(62)35(6)58(13)29-31(2)27-54(8,66)49(75-53-46(61)42(57(11)12)25-32(3)71-53)33(4)47(34(5)52(65)73-43)74-44-28-55(9,68-14)50(36(7)72-44)70-24-23-69-22-16-17-37-18-21-41-39(26-37)45(60)40(51(63)64)30-59(41)38-19-20-38/h16-18,21,26,30-36,38,42-44,46-50,53,61-62,66-67H,15,19-20,22-25,27-29H2,1-14H3,(H,63,64)/b17-16+/t31-,32-,33+,34-,35-,36+,42+,43-,44+,46-,47+,48-,49-,50+,53+,54-,55-,56-/m1/s1. The molecule has 75 heavy (non-hydrogen) atoms. The number of rotatable bonds is 16. The van der Waals surface area contributed by atoms with Gasteiger partial charge in [-0.05, 0) is 125 Å². The van der Waals surface area contributed by atoms with Gasteiger partial charge < -0.3 is 77.8 Å². The number of aliphatic hydroxyl groups is 4. The molecule has 424 valence electrons. The monoisotopic (exact) mass is 1060 g/mol. The molecule has 1 aromatic carbocycles. The summed E-state index contributed by atoms with van der Waals surface area (Å²) in [5, 5.41) is 58.2. The zero-order valence-electron chi connectivity index (χ0n) is 46.8. The van der Waals surface area contributed by atoms with E-state index in [0.717, 1.165) is 18.4 Å². The number of hydrogen-bond donors (Lipinski definition) is 5. The molecular formula is C56H89N3O16. The highest BCUT2D eigenvalue weighted by Gasteiger charge is 2.53. The van der Waals surface area contributed by atoms with Crippen molar-refractivity contribution in [3.8, 4) is 0 Å². The summed E-state index contributed by atoms with van der Waals surface area (Å²) in [6.07, 6.45) is -1.18. The Hall–Kier alpha value is -3.41. The number of methoxy groups -OCH3 is 1. The van der Waals surface area contributed by atoms with Crippen molar-refractivity contribution in [2.45, 2.75) is 204 Å². The molecule has 2 aromatic rings. The number of ether oxygens (including phenoxy) is 8. The number of fused-ring (bicyclic) bond motifs is 1. The fourth-order valence-electron chi connectivity index (χ4n) is 11.9. The van der Waals surface area contributed by atoms with Crippen LogP contribution in [0.3, 0.4) is 0 Å². The molecule has 19 nitrogen and oxygen atoms in total. The summed E-state index contributed by atoms with van der Waals surface area (Å²) in [5.74, 6) is -3.99. The maximum atomic E-state index is 14.6. The fourth-order valence-corrected chi connectivity index (χ4v) is 11.9. The van der Waals surface area contributed by atoms with E-state index in [4.69, 9.17) is 37.9 Å². The number of cyclic esters (lactones) is 1. The summed E-state index contributed by atoms with van der Waals surface area (Å²) in [6, 6.07) is 4.76. The van der Waals surface area contributed by atoms with Crippen LogP contribution in [0.5, 0.6) is 0 Å².